The summed E-state index contributed by atoms with van der Waals surface area (Å²) in [7, 11) is 1.65. The van der Waals surface area contributed by atoms with E-state index in [4.69, 9.17) is 4.74 Å². The number of ether oxygens (including phenoxy) is 1. The number of methoxy groups -OCH3 is 1. The number of hydrogen-bond acceptors (Lipinski definition) is 5. The summed E-state index contributed by atoms with van der Waals surface area (Å²) >= 11 is 0. The summed E-state index contributed by atoms with van der Waals surface area (Å²) in [5, 5.41) is 10.1. The Labute approximate surface area is 179 Å². The molecule has 3 atom stereocenters. The fraction of sp³-hybridized carbons (Fsp3) is 0.480. The molecule has 2 aromatic rings. The first kappa shape index (κ1) is 21.0. The number of pyridine rings is 1. The van der Waals surface area contributed by atoms with Gasteiger partial charge in [0.05, 0.1) is 6.61 Å². The predicted octanol–water partition coefficient (Wildman–Crippen LogP) is 2.50. The van der Waals surface area contributed by atoms with Crippen molar-refractivity contribution >= 4 is 0 Å². The van der Waals surface area contributed by atoms with E-state index in [0.29, 0.717) is 18.6 Å². The molecule has 0 amide bonds. The molecule has 2 aliphatic rings. The lowest BCUT2D eigenvalue weighted by Crippen LogP contribution is -2.67. The molecule has 1 N–H and O–H groups in total. The molecule has 1 aromatic heterocycles. The lowest BCUT2D eigenvalue weighted by atomic mass is 9.74. The molecule has 0 saturated carbocycles. The zero-order chi connectivity index (χ0) is 20.8. The van der Waals surface area contributed by atoms with Crippen molar-refractivity contribution < 1.29 is 9.84 Å². The van der Waals surface area contributed by atoms with Gasteiger partial charge in [0, 0.05) is 56.2 Å². The maximum Gasteiger partial charge on any atom is 0.107 e. The molecule has 0 spiro atoms. The van der Waals surface area contributed by atoms with Gasteiger partial charge < -0.3 is 9.84 Å². The van der Waals surface area contributed by atoms with Gasteiger partial charge in [-0.15, -0.1) is 0 Å². The van der Waals surface area contributed by atoms with Gasteiger partial charge in [0.2, 0.25) is 0 Å². The van der Waals surface area contributed by atoms with Gasteiger partial charge in [0.15, 0.2) is 0 Å². The molecule has 5 nitrogen and oxygen atoms in total. The number of fused-ring (bicyclic) bond motifs is 1. The fourth-order valence-electron chi connectivity index (χ4n) is 4.90. The van der Waals surface area contributed by atoms with Gasteiger partial charge in [-0.1, -0.05) is 24.0 Å². The minimum atomic E-state index is 0.209. The van der Waals surface area contributed by atoms with Crippen molar-refractivity contribution in [3.63, 3.8) is 0 Å². The Morgan fingerprint density at radius 3 is 2.60 bits per heavy atom. The lowest BCUT2D eigenvalue weighted by molar-refractivity contribution is -0.0655. The van der Waals surface area contributed by atoms with E-state index in [1.807, 2.05) is 12.4 Å². The van der Waals surface area contributed by atoms with E-state index in [1.54, 1.807) is 7.11 Å². The third-order valence-corrected chi connectivity index (χ3v) is 6.35. The van der Waals surface area contributed by atoms with E-state index in [9.17, 15) is 5.11 Å². The van der Waals surface area contributed by atoms with E-state index >= 15 is 0 Å². The Bertz CT molecular complexity index is 859. The normalized spacial score (nSPS) is 24.7. The van der Waals surface area contributed by atoms with Crippen molar-refractivity contribution in [2.45, 2.75) is 37.4 Å². The molecule has 2 aliphatic heterocycles. The van der Waals surface area contributed by atoms with Gasteiger partial charge in [0.1, 0.15) is 6.61 Å². The van der Waals surface area contributed by atoms with E-state index < -0.39 is 0 Å². The van der Waals surface area contributed by atoms with E-state index in [2.05, 4.69) is 63.0 Å². The molecule has 5 heteroatoms. The molecule has 4 rings (SSSR count). The topological polar surface area (TPSA) is 48.8 Å². The first-order valence-electron chi connectivity index (χ1n) is 10.9. The Morgan fingerprint density at radius 2 is 1.87 bits per heavy atom. The highest BCUT2D eigenvalue weighted by Crippen LogP contribution is 2.42. The van der Waals surface area contributed by atoms with Crippen LogP contribution in [-0.4, -0.2) is 71.9 Å². The van der Waals surface area contributed by atoms with Crippen LogP contribution in [0.25, 0.3) is 0 Å². The summed E-state index contributed by atoms with van der Waals surface area (Å²) in [4.78, 5) is 9.23. The quantitative estimate of drug-likeness (QED) is 0.775. The number of hydrogen-bond donors (Lipinski definition) is 1. The van der Waals surface area contributed by atoms with Crippen LogP contribution in [0.2, 0.25) is 0 Å². The summed E-state index contributed by atoms with van der Waals surface area (Å²) in [6.07, 6.45) is 6.12. The zero-order valence-corrected chi connectivity index (χ0v) is 17.7. The summed E-state index contributed by atoms with van der Waals surface area (Å²) in [6, 6.07) is 13.4. The monoisotopic (exact) mass is 405 g/mol. The standard InChI is InChI=1S/C25H31N3O2/c1-30-16-4-5-20-6-8-22(9-7-20)25-23-18-27(17-21-10-12-26-13-11-21)14-2-3-15-28(23)24(25)19-29/h6-13,23-25,29H,2-3,14-19H2,1H3/t23-,24-,25-/m0/s1. The third kappa shape index (κ3) is 4.74. The van der Waals surface area contributed by atoms with Crippen LogP contribution in [0.4, 0.5) is 0 Å². The average Bonchev–Trinajstić information content (AvgIpc) is 2.76. The van der Waals surface area contributed by atoms with Gasteiger partial charge in [-0.05, 0) is 61.3 Å². The zero-order valence-electron chi connectivity index (χ0n) is 17.7. The largest absolute Gasteiger partial charge is 0.395 e. The van der Waals surface area contributed by atoms with Crippen LogP contribution in [0.1, 0.15) is 35.4 Å². The van der Waals surface area contributed by atoms with Crippen LogP contribution >= 0.6 is 0 Å². The highest BCUT2D eigenvalue weighted by atomic mass is 16.5. The molecule has 2 fully saturated rings. The minimum absolute atomic E-state index is 0.209. The number of aliphatic hydroxyl groups excluding tert-OH is 1. The highest BCUT2D eigenvalue weighted by molar-refractivity contribution is 5.39. The third-order valence-electron chi connectivity index (χ3n) is 6.35. The number of aromatic nitrogens is 1. The van der Waals surface area contributed by atoms with Crippen LogP contribution in [0, 0.1) is 11.8 Å². The van der Waals surface area contributed by atoms with Gasteiger partial charge in [0.25, 0.3) is 0 Å². The van der Waals surface area contributed by atoms with Crippen molar-refractivity contribution in [1.29, 1.82) is 0 Å². The van der Waals surface area contributed by atoms with Crippen LogP contribution in [0.15, 0.2) is 48.8 Å². The van der Waals surface area contributed by atoms with Gasteiger partial charge in [-0.3, -0.25) is 14.8 Å². The smallest absolute Gasteiger partial charge is 0.107 e. The molecule has 0 radical (unpaired) electrons. The van der Waals surface area contributed by atoms with Crippen molar-refractivity contribution in [1.82, 2.24) is 14.8 Å². The van der Waals surface area contributed by atoms with Crippen molar-refractivity contribution in [3.05, 3.63) is 65.5 Å². The van der Waals surface area contributed by atoms with Crippen LogP contribution in [0.3, 0.4) is 0 Å². The molecule has 0 aliphatic carbocycles. The first-order chi connectivity index (χ1) is 14.8. The maximum atomic E-state index is 10.1. The molecule has 3 heterocycles. The highest BCUT2D eigenvalue weighted by Gasteiger charge is 2.48. The summed E-state index contributed by atoms with van der Waals surface area (Å²) in [6.45, 7) is 4.84. The van der Waals surface area contributed by atoms with Crippen molar-refractivity contribution in [3.8, 4) is 11.8 Å². The Morgan fingerprint density at radius 1 is 1.10 bits per heavy atom. The second kappa shape index (κ2) is 10.2. The number of rotatable bonds is 5. The number of nitrogens with zero attached hydrogens (tertiary/aromatic N) is 3. The van der Waals surface area contributed by atoms with Crippen LogP contribution in [-0.2, 0) is 11.3 Å². The maximum absolute atomic E-state index is 10.1. The first-order valence-corrected chi connectivity index (χ1v) is 10.9. The molecule has 2 saturated heterocycles. The van der Waals surface area contributed by atoms with Crippen LogP contribution in [0.5, 0.6) is 0 Å². The summed E-state index contributed by atoms with van der Waals surface area (Å²) < 4.78 is 5.00. The number of benzene rings is 1. The average molecular weight is 406 g/mol. The van der Waals surface area contributed by atoms with Gasteiger partial charge in [-0.25, -0.2) is 0 Å². The van der Waals surface area contributed by atoms with Crippen molar-refractivity contribution in [2.75, 3.05) is 40.0 Å². The predicted molar refractivity (Wildman–Crippen MR) is 118 cm³/mol. The Hall–Kier alpha value is -2.23. The molecule has 0 unspecified atom stereocenters. The summed E-state index contributed by atoms with van der Waals surface area (Å²) in [5.74, 6) is 6.50. The molecular weight excluding hydrogens is 374 g/mol. The van der Waals surface area contributed by atoms with Gasteiger partial charge in [-0.2, -0.15) is 0 Å². The van der Waals surface area contributed by atoms with Gasteiger partial charge >= 0.3 is 0 Å². The Kier molecular flexibility index (Phi) is 7.14. The van der Waals surface area contributed by atoms with Crippen LogP contribution < -0.4 is 0 Å². The van der Waals surface area contributed by atoms with E-state index in [1.165, 1.54) is 24.0 Å². The molecule has 30 heavy (non-hydrogen) atoms. The Balaban J connectivity index is 1.50. The van der Waals surface area contributed by atoms with E-state index in [-0.39, 0.29) is 12.6 Å². The molecular formula is C25H31N3O2. The fourth-order valence-corrected chi connectivity index (χ4v) is 4.90. The SMILES string of the molecule is COCC#Cc1ccc([C@@H]2[C@H](CO)N3CCCCN(Cc4ccncc4)C[C@@H]23)cc1. The lowest BCUT2D eigenvalue weighted by Gasteiger charge is -2.57. The van der Waals surface area contributed by atoms with E-state index in [0.717, 1.165) is 31.7 Å². The molecule has 158 valence electrons. The second-order valence-electron chi connectivity index (χ2n) is 8.24. The summed E-state index contributed by atoms with van der Waals surface area (Å²) in [5.41, 5.74) is 3.62. The molecule has 1 aromatic carbocycles. The molecule has 0 bridgehead atoms. The number of aliphatic hydroxyl groups is 1. The minimum Gasteiger partial charge on any atom is -0.395 e. The van der Waals surface area contributed by atoms with Crippen molar-refractivity contribution in [2.24, 2.45) is 0 Å². The second-order valence-corrected chi connectivity index (χ2v) is 8.24.